The molecule has 0 heterocycles. The molecule has 0 unspecified atom stereocenters. The number of benzene rings is 12. The highest BCUT2D eigenvalue weighted by Crippen LogP contribution is 2.49. The van der Waals surface area contributed by atoms with Crippen LogP contribution in [0.5, 0.6) is 11.5 Å². The second kappa shape index (κ2) is 22.5. The van der Waals surface area contributed by atoms with Crippen molar-refractivity contribution < 1.29 is 19.0 Å². The smallest absolute Gasteiger partial charge is 0.125 e. The first-order chi connectivity index (χ1) is 41.8. The van der Waals surface area contributed by atoms with Crippen molar-refractivity contribution in [1.29, 1.82) is 0 Å². The van der Waals surface area contributed by atoms with Gasteiger partial charge < -0.3 is 20.0 Å². The molecule has 0 aliphatic rings. The maximum atomic E-state index is 15.9. The molecule has 34 radical (unpaired) electrons. The van der Waals surface area contributed by atoms with Gasteiger partial charge >= 0.3 is 0 Å². The molecule has 12 aromatic carbocycles. The summed E-state index contributed by atoms with van der Waals surface area (Å²) < 4.78 is 31.9. The molecule has 0 saturated heterocycles. The molecule has 0 saturated carbocycles. The first kappa shape index (κ1) is 60.1. The lowest BCUT2D eigenvalue weighted by molar-refractivity contribution is 0.484. The molecule has 12 aromatic rings. The summed E-state index contributed by atoms with van der Waals surface area (Å²) in [7, 11) is 111. The van der Waals surface area contributed by atoms with Crippen molar-refractivity contribution in [3.63, 3.8) is 0 Å². The molecule has 4 nitrogen and oxygen atoms in total. The Labute approximate surface area is 531 Å². The second-order valence-electron chi connectivity index (χ2n) is 21.6. The molecule has 88 heavy (non-hydrogen) atoms. The Bertz CT molecular complexity index is 4410. The lowest BCUT2D eigenvalue weighted by Gasteiger charge is -2.31. The Morgan fingerprint density at radius 1 is 0.295 bits per heavy atom. The number of phenolic OH excluding ortho intramolecular Hbond substituents is 2. The van der Waals surface area contributed by atoms with Crippen molar-refractivity contribution in [2.75, 3.05) is 9.80 Å². The van der Waals surface area contributed by atoms with E-state index in [1.165, 1.54) is 24.3 Å². The van der Waals surface area contributed by atoms with Crippen molar-refractivity contribution in [2.24, 2.45) is 0 Å². The van der Waals surface area contributed by atoms with Crippen LogP contribution >= 0.6 is 0 Å². The highest BCUT2D eigenvalue weighted by atomic mass is 19.1. The van der Waals surface area contributed by atoms with Crippen LogP contribution in [0.25, 0.3) is 76.8 Å². The number of anilines is 6. The summed E-state index contributed by atoms with van der Waals surface area (Å²) >= 11 is 0. The van der Waals surface area contributed by atoms with E-state index in [-0.39, 0.29) is 115 Å². The summed E-state index contributed by atoms with van der Waals surface area (Å²) in [5.74, 6) is -2.06. The van der Waals surface area contributed by atoms with Crippen LogP contribution in [-0.2, 0) is 0 Å². The zero-order valence-electron chi connectivity index (χ0n) is 47.1. The van der Waals surface area contributed by atoms with E-state index in [4.69, 9.17) is 133 Å². The van der Waals surface area contributed by atoms with E-state index in [1.807, 2.05) is 58.3 Å². The largest absolute Gasteiger partial charge is 0.509 e. The maximum Gasteiger partial charge on any atom is 0.125 e. The Kier molecular flexibility index (Phi) is 15.4. The van der Waals surface area contributed by atoms with Gasteiger partial charge in [-0.2, -0.15) is 0 Å². The van der Waals surface area contributed by atoms with Crippen LogP contribution in [0.1, 0.15) is 5.56 Å². The van der Waals surface area contributed by atoms with Crippen molar-refractivity contribution in [2.45, 2.75) is 6.92 Å². The van der Waals surface area contributed by atoms with E-state index in [9.17, 15) is 10.2 Å². The van der Waals surface area contributed by atoms with E-state index in [0.717, 1.165) is 21.5 Å². The highest BCUT2D eigenvalue weighted by Gasteiger charge is 2.27. The molecule has 0 aliphatic carbocycles. The average Bonchev–Trinajstić information content (AvgIpc) is 0.783. The maximum absolute atomic E-state index is 15.9. The summed E-state index contributed by atoms with van der Waals surface area (Å²) in [6, 6.07) is 38.0. The van der Waals surface area contributed by atoms with Gasteiger partial charge in [0, 0.05) is 33.5 Å². The molecule has 0 aliphatic heterocycles. The highest BCUT2D eigenvalue weighted by molar-refractivity contribution is 6.70. The Morgan fingerprint density at radius 3 is 0.977 bits per heavy atom. The molecule has 12 rings (SSSR count). The van der Waals surface area contributed by atoms with Crippen LogP contribution in [0.4, 0.5) is 42.9 Å². The minimum atomic E-state index is -0.564. The number of aromatic hydroxyl groups is 2. The van der Waals surface area contributed by atoms with Crippen LogP contribution in [-0.4, -0.2) is 144 Å². The van der Waals surface area contributed by atoms with Gasteiger partial charge in [-0.25, -0.2) is 8.78 Å². The number of hydrogen-bond donors (Lipinski definition) is 2. The molecular weight excluding hydrogens is 1060 g/mol. The molecule has 0 aromatic heterocycles. The average molecular weight is 1090 g/mol. The fraction of sp³-hybridized carbons (Fsp3) is 0.0154. The molecule has 0 atom stereocenters. The number of phenols is 2. The Hall–Kier alpha value is -8.16. The zero-order chi connectivity index (χ0) is 63.0. The summed E-state index contributed by atoms with van der Waals surface area (Å²) in [6.45, 7) is 1.71. The molecule has 0 fully saturated rings. The minimum absolute atomic E-state index is 0.000356. The van der Waals surface area contributed by atoms with Crippen molar-refractivity contribution >= 4 is 293 Å². The Morgan fingerprint density at radius 2 is 0.602 bits per heavy atom. The normalized spacial score (nSPS) is 11.5. The lowest BCUT2D eigenvalue weighted by Crippen LogP contribution is -2.55. The molecule has 0 amide bonds. The standard InChI is InChI=1S/C65H27B17F2N2O2/c1-24-41(53(72)64(87)62(81)47(24)66)27-16-28(44-48(67)55(74)60(79)56(75)49(44)68)19-35(18-27)85(33-6-2-4-31(83)22-33)39-14-10-25-9-13-38-40(15-11-26-8-12-37(39)42(25)43(26)38)86(34-7-3-5-32(84)23-34)36-20-29(45-50(69)57(76)61(80)58(77)51(45)70)17-30(21-36)46-52(71)59(78)63(82)65(88)54(46)73/h2-23,87-88H,1H3. The second-order valence-corrected chi connectivity index (χ2v) is 21.6. The predicted molar refractivity (Wildman–Crippen MR) is 381 cm³/mol. The third kappa shape index (κ3) is 9.51. The van der Waals surface area contributed by atoms with E-state index < -0.39 is 23.1 Å². The summed E-state index contributed by atoms with van der Waals surface area (Å²) in [5.41, 5.74) is 4.49. The van der Waals surface area contributed by atoms with Crippen LogP contribution in [0, 0.1) is 18.6 Å². The van der Waals surface area contributed by atoms with Gasteiger partial charge in [-0.1, -0.05) is 97.8 Å². The van der Waals surface area contributed by atoms with Crippen molar-refractivity contribution in [3.05, 3.63) is 151 Å². The third-order valence-corrected chi connectivity index (χ3v) is 16.6. The van der Waals surface area contributed by atoms with Gasteiger partial charge in [-0.3, -0.25) is 0 Å². The molecule has 0 bridgehead atoms. The molecule has 2 N–H and O–H groups in total. The van der Waals surface area contributed by atoms with Crippen LogP contribution in [0.2, 0.25) is 0 Å². The summed E-state index contributed by atoms with van der Waals surface area (Å²) in [5, 5.41) is 27.1. The van der Waals surface area contributed by atoms with Crippen molar-refractivity contribution in [3.8, 4) is 56.0 Å². The van der Waals surface area contributed by atoms with E-state index in [0.29, 0.717) is 72.7 Å². The fourth-order valence-electron chi connectivity index (χ4n) is 12.1. The third-order valence-electron chi connectivity index (χ3n) is 16.6. The SMILES string of the molecule is [B]c1c([B])c([B])c(-c2cc(-c3c([B])c([B])c([B])c(O)c3[B])cc(N(c3cccc(F)c3)c3ccc4ccc5c(N(c6cccc(F)c6)c6cc(-c7c([B])c([B])c([B])c([B])c7[B])cc(-c7c([B])c(O)c([B])c([B])c7C)c6)ccc6ccc3c4c65)c2)c([B])c1[B]. The van der Waals surface area contributed by atoms with Gasteiger partial charge in [0.1, 0.15) is 157 Å². The lowest BCUT2D eigenvalue weighted by atomic mass is 9.59. The topological polar surface area (TPSA) is 46.9 Å². The molecule has 23 heteroatoms. The molecule has 374 valence electrons. The number of hydrogen-bond acceptors (Lipinski definition) is 4. The Balaban J connectivity index is 1.16. The van der Waals surface area contributed by atoms with Gasteiger partial charge in [-0.15, -0.1) is 38.2 Å². The monoisotopic (exact) mass is 1090 g/mol. The van der Waals surface area contributed by atoms with Crippen LogP contribution < -0.4 is 103 Å². The van der Waals surface area contributed by atoms with Crippen LogP contribution in [0.3, 0.4) is 0 Å². The summed E-state index contributed by atoms with van der Waals surface area (Å²) in [4.78, 5) is 3.67. The quantitative estimate of drug-likeness (QED) is 0.120. The van der Waals surface area contributed by atoms with Gasteiger partial charge in [-0.05, 0) is 169 Å². The first-order valence-electron chi connectivity index (χ1n) is 27.1. The van der Waals surface area contributed by atoms with Gasteiger partial charge in [0.15, 0.2) is 0 Å². The van der Waals surface area contributed by atoms with Gasteiger partial charge in [0.2, 0.25) is 0 Å². The minimum Gasteiger partial charge on any atom is -0.509 e. The summed E-state index contributed by atoms with van der Waals surface area (Å²) in [6.07, 6.45) is 0. The number of nitrogens with zero attached hydrogens (tertiary/aromatic N) is 2. The fourth-order valence-corrected chi connectivity index (χ4v) is 12.1. The first-order valence-corrected chi connectivity index (χ1v) is 27.1. The van der Waals surface area contributed by atoms with Gasteiger partial charge in [0.05, 0.1) is 11.4 Å². The predicted octanol–water partition coefficient (Wildman–Crippen LogP) is -2.32. The van der Waals surface area contributed by atoms with Crippen LogP contribution in [0.15, 0.2) is 133 Å². The number of halogens is 2. The molecule has 0 spiro atoms. The number of rotatable bonds is 10. The van der Waals surface area contributed by atoms with E-state index in [2.05, 4.69) is 0 Å². The van der Waals surface area contributed by atoms with E-state index >= 15 is 8.78 Å². The van der Waals surface area contributed by atoms with E-state index in [1.54, 1.807) is 67.6 Å². The molecular formula is C65H27B17F2N2O2. The van der Waals surface area contributed by atoms with Gasteiger partial charge in [0.25, 0.3) is 0 Å². The van der Waals surface area contributed by atoms with Crippen molar-refractivity contribution in [1.82, 2.24) is 0 Å². The zero-order valence-corrected chi connectivity index (χ0v) is 47.1.